The molecular weight excluding hydrogens is 393 g/mol. The maximum Gasteiger partial charge on any atom is 0.265 e. The van der Waals surface area contributed by atoms with Gasteiger partial charge in [0, 0.05) is 22.3 Å². The van der Waals surface area contributed by atoms with Gasteiger partial charge in [-0.1, -0.05) is 29.8 Å². The second kappa shape index (κ2) is 7.85. The third kappa shape index (κ3) is 4.02. The molecule has 0 radical (unpaired) electrons. The summed E-state index contributed by atoms with van der Waals surface area (Å²) in [7, 11) is 0. The van der Waals surface area contributed by atoms with Crippen LogP contribution in [-0.2, 0) is 6.54 Å². The molecule has 0 aliphatic rings. The first kappa shape index (κ1) is 18.8. The number of pyridine rings is 2. The summed E-state index contributed by atoms with van der Waals surface area (Å²) >= 11 is 5.96. The molecule has 29 heavy (non-hydrogen) atoms. The lowest BCUT2D eigenvalue weighted by Gasteiger charge is -2.12. The second-order valence-corrected chi connectivity index (χ2v) is 6.89. The molecule has 2 aromatic heterocycles. The quantitative estimate of drug-likeness (QED) is 0.542. The Labute approximate surface area is 170 Å². The third-order valence-corrected chi connectivity index (χ3v) is 4.66. The number of nitrogens with one attached hydrogen (secondary N) is 1. The molecule has 0 bridgehead atoms. The van der Waals surface area contributed by atoms with Gasteiger partial charge in [0.2, 0.25) is 0 Å². The van der Waals surface area contributed by atoms with Crippen molar-refractivity contribution in [2.45, 2.75) is 6.54 Å². The van der Waals surface area contributed by atoms with E-state index in [1.54, 1.807) is 54.7 Å². The molecule has 144 valence electrons. The highest BCUT2D eigenvalue weighted by Crippen LogP contribution is 2.17. The number of hydrogen-bond acceptors (Lipinski definition) is 3. The summed E-state index contributed by atoms with van der Waals surface area (Å²) in [5.41, 5.74) is 1.14. The molecule has 0 saturated carbocycles. The van der Waals surface area contributed by atoms with Crippen LogP contribution in [0.3, 0.4) is 0 Å². The van der Waals surface area contributed by atoms with Crippen molar-refractivity contribution < 1.29 is 9.18 Å². The third-order valence-electron chi connectivity index (χ3n) is 4.43. The fraction of sp³-hybridized carbons (Fsp3) is 0.0455. The molecule has 7 heteroatoms. The largest absolute Gasteiger partial charge is 0.322 e. The smallest absolute Gasteiger partial charge is 0.265 e. The van der Waals surface area contributed by atoms with Crippen LogP contribution in [-0.4, -0.2) is 15.5 Å². The Hall–Kier alpha value is -3.51. The first-order chi connectivity index (χ1) is 14.0. The van der Waals surface area contributed by atoms with Crippen molar-refractivity contribution in [2.75, 3.05) is 5.32 Å². The van der Waals surface area contributed by atoms with Crippen molar-refractivity contribution in [3.05, 3.63) is 105 Å². The molecule has 5 nitrogen and oxygen atoms in total. The molecule has 4 aromatic rings. The summed E-state index contributed by atoms with van der Waals surface area (Å²) in [4.78, 5) is 30.2. The van der Waals surface area contributed by atoms with Gasteiger partial charge in [-0.25, -0.2) is 9.37 Å². The minimum absolute atomic E-state index is 0.0208. The number of rotatable bonds is 4. The maximum absolute atomic E-state index is 13.2. The van der Waals surface area contributed by atoms with Crippen LogP contribution in [0, 0.1) is 5.82 Å². The van der Waals surface area contributed by atoms with E-state index in [2.05, 4.69) is 10.3 Å². The van der Waals surface area contributed by atoms with E-state index in [1.165, 1.54) is 22.8 Å². The molecule has 0 fully saturated rings. The highest BCUT2D eigenvalue weighted by molar-refractivity contribution is 6.31. The molecule has 0 atom stereocenters. The number of hydrogen-bond donors (Lipinski definition) is 1. The lowest BCUT2D eigenvalue weighted by Crippen LogP contribution is -2.30. The van der Waals surface area contributed by atoms with Gasteiger partial charge in [0.15, 0.2) is 0 Å². The lowest BCUT2D eigenvalue weighted by molar-refractivity contribution is 0.102. The molecule has 4 rings (SSSR count). The van der Waals surface area contributed by atoms with Crippen molar-refractivity contribution >= 4 is 34.2 Å². The Balaban J connectivity index is 1.78. The minimum Gasteiger partial charge on any atom is -0.322 e. The van der Waals surface area contributed by atoms with Crippen LogP contribution in [0.25, 0.3) is 11.0 Å². The van der Waals surface area contributed by atoms with E-state index in [1.807, 2.05) is 0 Å². The number of benzene rings is 2. The number of halogens is 2. The van der Waals surface area contributed by atoms with Gasteiger partial charge in [-0.05, 0) is 54.1 Å². The molecule has 0 aliphatic heterocycles. The van der Waals surface area contributed by atoms with Crippen molar-refractivity contribution in [1.82, 2.24) is 9.55 Å². The van der Waals surface area contributed by atoms with Gasteiger partial charge in [0.05, 0.1) is 6.54 Å². The minimum atomic E-state index is -0.545. The summed E-state index contributed by atoms with van der Waals surface area (Å²) < 4.78 is 14.6. The molecular formula is C22H15ClFN3O2. The molecule has 0 aliphatic carbocycles. The Bertz CT molecular complexity index is 1270. The van der Waals surface area contributed by atoms with Gasteiger partial charge in [-0.15, -0.1) is 0 Å². The van der Waals surface area contributed by atoms with Gasteiger partial charge in [0.25, 0.3) is 11.5 Å². The molecule has 1 N–H and O–H groups in total. The van der Waals surface area contributed by atoms with E-state index >= 15 is 0 Å². The number of nitrogens with zero attached hydrogens (tertiary/aromatic N) is 2. The van der Waals surface area contributed by atoms with Crippen molar-refractivity contribution in [3.8, 4) is 0 Å². The summed E-state index contributed by atoms with van der Waals surface area (Å²) in [5, 5.41) is 3.81. The average Bonchev–Trinajstić information content (AvgIpc) is 2.71. The van der Waals surface area contributed by atoms with Crippen LogP contribution in [0.4, 0.5) is 10.1 Å². The van der Waals surface area contributed by atoms with E-state index in [9.17, 15) is 14.0 Å². The Morgan fingerprint density at radius 2 is 1.86 bits per heavy atom. The number of anilines is 1. The van der Waals surface area contributed by atoms with E-state index in [0.717, 1.165) is 0 Å². The predicted octanol–water partition coefficient (Wildman–Crippen LogP) is 4.49. The van der Waals surface area contributed by atoms with E-state index in [-0.39, 0.29) is 17.9 Å². The first-order valence-electron chi connectivity index (χ1n) is 8.81. The number of carbonyl (C=O) groups excluding carboxylic acids is 1. The molecule has 0 unspecified atom stereocenters. The standard InChI is InChI=1S/C22H15ClFN3O2/c23-16-4-1-5-18(12-16)26-21(28)19-11-15-3-2-10-25-20(15)27(22(19)29)13-14-6-8-17(24)9-7-14/h1-12H,13H2,(H,26,28). The topological polar surface area (TPSA) is 64.0 Å². The van der Waals surface area contributed by atoms with Crippen LogP contribution >= 0.6 is 11.6 Å². The van der Waals surface area contributed by atoms with E-state index in [4.69, 9.17) is 11.6 Å². The normalized spacial score (nSPS) is 10.8. The summed E-state index contributed by atoms with van der Waals surface area (Å²) in [5.74, 6) is -0.908. The van der Waals surface area contributed by atoms with Gasteiger partial charge < -0.3 is 5.32 Å². The van der Waals surface area contributed by atoms with Crippen molar-refractivity contribution in [3.63, 3.8) is 0 Å². The molecule has 0 spiro atoms. The molecule has 1 amide bonds. The summed E-state index contributed by atoms with van der Waals surface area (Å²) in [6, 6.07) is 17.5. The number of carbonyl (C=O) groups is 1. The fourth-order valence-electron chi connectivity index (χ4n) is 3.05. The number of amides is 1. The number of fused-ring (bicyclic) bond motifs is 1. The highest BCUT2D eigenvalue weighted by atomic mass is 35.5. The first-order valence-corrected chi connectivity index (χ1v) is 9.19. The molecule has 2 heterocycles. The maximum atomic E-state index is 13.2. The Morgan fingerprint density at radius 3 is 2.62 bits per heavy atom. The van der Waals surface area contributed by atoms with Crippen LogP contribution in [0.15, 0.2) is 77.7 Å². The second-order valence-electron chi connectivity index (χ2n) is 6.46. The zero-order valence-electron chi connectivity index (χ0n) is 15.1. The van der Waals surface area contributed by atoms with Crippen molar-refractivity contribution in [2.24, 2.45) is 0 Å². The van der Waals surface area contributed by atoms with Crippen molar-refractivity contribution in [1.29, 1.82) is 0 Å². The monoisotopic (exact) mass is 407 g/mol. The van der Waals surface area contributed by atoms with E-state index in [0.29, 0.717) is 27.3 Å². The summed E-state index contributed by atoms with van der Waals surface area (Å²) in [6.07, 6.45) is 1.58. The van der Waals surface area contributed by atoms with Crippen LogP contribution in [0.1, 0.15) is 15.9 Å². The van der Waals surface area contributed by atoms with Crippen LogP contribution in [0.5, 0.6) is 0 Å². The average molecular weight is 408 g/mol. The lowest BCUT2D eigenvalue weighted by atomic mass is 10.1. The zero-order chi connectivity index (χ0) is 20.4. The Kier molecular flexibility index (Phi) is 5.10. The van der Waals surface area contributed by atoms with Gasteiger partial charge >= 0.3 is 0 Å². The van der Waals surface area contributed by atoms with Gasteiger partial charge in [-0.2, -0.15) is 0 Å². The summed E-state index contributed by atoms with van der Waals surface area (Å²) in [6.45, 7) is 0.158. The van der Waals surface area contributed by atoms with Crippen LogP contribution < -0.4 is 10.9 Å². The predicted molar refractivity (Wildman–Crippen MR) is 111 cm³/mol. The zero-order valence-corrected chi connectivity index (χ0v) is 15.9. The number of aromatic nitrogens is 2. The highest BCUT2D eigenvalue weighted by Gasteiger charge is 2.17. The van der Waals surface area contributed by atoms with Gasteiger partial charge in [0.1, 0.15) is 17.0 Å². The molecule has 2 aromatic carbocycles. The van der Waals surface area contributed by atoms with Gasteiger partial charge in [-0.3, -0.25) is 14.2 Å². The van der Waals surface area contributed by atoms with E-state index < -0.39 is 11.5 Å². The van der Waals surface area contributed by atoms with Crippen LogP contribution in [0.2, 0.25) is 5.02 Å². The molecule has 0 saturated heterocycles. The SMILES string of the molecule is O=C(Nc1cccc(Cl)c1)c1cc2cccnc2n(Cc2ccc(F)cc2)c1=O. The Morgan fingerprint density at radius 1 is 1.07 bits per heavy atom. The fourth-order valence-corrected chi connectivity index (χ4v) is 3.24.